The maximum absolute atomic E-state index is 11.5. The molecule has 33 heavy (non-hydrogen) atoms. The predicted molar refractivity (Wildman–Crippen MR) is 117 cm³/mol. The number of amides is 1. The van der Waals surface area contributed by atoms with Gasteiger partial charge in [0.25, 0.3) is 0 Å². The Morgan fingerprint density at radius 2 is 1.70 bits per heavy atom. The van der Waals surface area contributed by atoms with Crippen LogP contribution in [-0.4, -0.2) is 39.9 Å². The minimum Gasteiger partial charge on any atom is -0.475 e. The highest BCUT2D eigenvalue weighted by molar-refractivity contribution is 6.06. The Bertz CT molecular complexity index is 1290. The van der Waals surface area contributed by atoms with Crippen LogP contribution in [0.2, 0.25) is 0 Å². The Balaban J connectivity index is 0.000000383. The van der Waals surface area contributed by atoms with Crippen molar-refractivity contribution in [3.05, 3.63) is 67.1 Å². The molecule has 0 aliphatic heterocycles. The number of carboxylic acid groups (broad SMARTS) is 1. The van der Waals surface area contributed by atoms with E-state index in [1.165, 1.54) is 0 Å². The van der Waals surface area contributed by atoms with Crippen molar-refractivity contribution < 1.29 is 32.6 Å². The third-order valence-electron chi connectivity index (χ3n) is 4.47. The molecule has 1 amide bonds. The predicted octanol–water partition coefficient (Wildman–Crippen LogP) is 5.65. The van der Waals surface area contributed by atoms with Gasteiger partial charge in [-0.3, -0.25) is 15.3 Å². The van der Waals surface area contributed by atoms with Gasteiger partial charge in [-0.15, -0.1) is 0 Å². The second-order valence-corrected chi connectivity index (χ2v) is 6.68. The standard InChI is InChI=1S/C21H17N3O2.C2HF3O2/c1-2-26-21(25)24-17-6-3-14(4-7-17)16-11-18-19-13-22-10-9-15(19)5-8-20(18)23-12-16;3-2(4,5)1(6)7/h3-13H,2H2,1H3,(H,24,25);(H,6,7). The van der Waals surface area contributed by atoms with Crippen LogP contribution in [0.5, 0.6) is 0 Å². The summed E-state index contributed by atoms with van der Waals surface area (Å²) in [7, 11) is 0. The summed E-state index contributed by atoms with van der Waals surface area (Å²) in [6.07, 6.45) is -0.0132. The number of halogens is 3. The molecule has 170 valence electrons. The van der Waals surface area contributed by atoms with Crippen molar-refractivity contribution in [1.29, 1.82) is 0 Å². The smallest absolute Gasteiger partial charge is 0.475 e. The number of carbonyl (C=O) groups is 2. The highest BCUT2D eigenvalue weighted by Gasteiger charge is 2.38. The summed E-state index contributed by atoms with van der Waals surface area (Å²) in [5.41, 5.74) is 3.66. The summed E-state index contributed by atoms with van der Waals surface area (Å²) < 4.78 is 36.6. The van der Waals surface area contributed by atoms with Gasteiger partial charge >= 0.3 is 18.2 Å². The lowest BCUT2D eigenvalue weighted by atomic mass is 10.0. The van der Waals surface area contributed by atoms with Crippen LogP contribution in [-0.2, 0) is 9.53 Å². The summed E-state index contributed by atoms with van der Waals surface area (Å²) in [5.74, 6) is -2.76. The quantitative estimate of drug-likeness (QED) is 0.386. The second-order valence-electron chi connectivity index (χ2n) is 6.68. The van der Waals surface area contributed by atoms with E-state index in [0.717, 1.165) is 32.8 Å². The number of fused-ring (bicyclic) bond motifs is 3. The molecule has 0 saturated carbocycles. The van der Waals surface area contributed by atoms with Crippen LogP contribution in [0.1, 0.15) is 6.92 Å². The zero-order valence-electron chi connectivity index (χ0n) is 17.3. The summed E-state index contributed by atoms with van der Waals surface area (Å²) in [6, 6.07) is 15.8. The molecular weight excluding hydrogens is 439 g/mol. The summed E-state index contributed by atoms with van der Waals surface area (Å²) in [4.78, 5) is 29.2. The van der Waals surface area contributed by atoms with Gasteiger partial charge in [0.15, 0.2) is 0 Å². The number of aromatic nitrogens is 2. The van der Waals surface area contributed by atoms with Crippen molar-refractivity contribution in [3.8, 4) is 11.1 Å². The first kappa shape index (κ1) is 23.5. The number of hydrogen-bond donors (Lipinski definition) is 2. The molecule has 0 radical (unpaired) electrons. The summed E-state index contributed by atoms with van der Waals surface area (Å²) in [5, 5.41) is 13.1. The Morgan fingerprint density at radius 3 is 2.33 bits per heavy atom. The Kier molecular flexibility index (Phi) is 7.07. The molecule has 7 nitrogen and oxygen atoms in total. The minimum atomic E-state index is -5.08. The lowest BCUT2D eigenvalue weighted by Gasteiger charge is -2.08. The van der Waals surface area contributed by atoms with Crippen LogP contribution < -0.4 is 5.32 Å². The maximum atomic E-state index is 11.5. The molecule has 0 unspecified atom stereocenters. The van der Waals surface area contributed by atoms with Crippen molar-refractivity contribution in [2.24, 2.45) is 0 Å². The van der Waals surface area contributed by atoms with Crippen LogP contribution in [0, 0.1) is 0 Å². The first-order valence-corrected chi connectivity index (χ1v) is 9.66. The fourth-order valence-corrected chi connectivity index (χ4v) is 2.96. The molecule has 0 aliphatic rings. The number of aliphatic carboxylic acids is 1. The van der Waals surface area contributed by atoms with Crippen LogP contribution in [0.15, 0.2) is 67.1 Å². The Morgan fingerprint density at radius 1 is 1.00 bits per heavy atom. The highest BCUT2D eigenvalue weighted by atomic mass is 19.4. The minimum absolute atomic E-state index is 0.343. The molecule has 0 fully saturated rings. The second kappa shape index (κ2) is 9.94. The van der Waals surface area contributed by atoms with Gasteiger partial charge in [0, 0.05) is 40.6 Å². The van der Waals surface area contributed by atoms with E-state index < -0.39 is 18.2 Å². The topological polar surface area (TPSA) is 101 Å². The third kappa shape index (κ3) is 5.94. The SMILES string of the molecule is CCOC(=O)Nc1ccc(-c2cnc3ccc4ccncc4c3c2)cc1.O=C(O)C(F)(F)F. The first-order valence-electron chi connectivity index (χ1n) is 9.66. The van der Waals surface area contributed by atoms with Crippen LogP contribution in [0.4, 0.5) is 23.7 Å². The monoisotopic (exact) mass is 457 g/mol. The number of nitrogens with zero attached hydrogens (tertiary/aromatic N) is 2. The maximum Gasteiger partial charge on any atom is 0.490 e. The number of carboxylic acids is 1. The number of nitrogens with one attached hydrogen (secondary N) is 1. The van der Waals surface area contributed by atoms with Crippen LogP contribution in [0.3, 0.4) is 0 Å². The van der Waals surface area contributed by atoms with Gasteiger partial charge in [0.1, 0.15) is 0 Å². The number of benzene rings is 2. The average molecular weight is 457 g/mol. The molecule has 2 aromatic heterocycles. The fourth-order valence-electron chi connectivity index (χ4n) is 2.96. The van der Waals surface area contributed by atoms with Crippen molar-refractivity contribution in [3.63, 3.8) is 0 Å². The van der Waals surface area contributed by atoms with Gasteiger partial charge in [-0.2, -0.15) is 13.2 Å². The van der Waals surface area contributed by atoms with E-state index in [9.17, 15) is 18.0 Å². The number of alkyl halides is 3. The van der Waals surface area contributed by atoms with Crippen LogP contribution in [0.25, 0.3) is 32.8 Å². The number of ether oxygens (including phenoxy) is 1. The van der Waals surface area contributed by atoms with Crippen molar-refractivity contribution in [2.45, 2.75) is 13.1 Å². The molecule has 0 saturated heterocycles. The number of hydrogen-bond acceptors (Lipinski definition) is 5. The van der Waals surface area contributed by atoms with E-state index >= 15 is 0 Å². The molecule has 4 rings (SSSR count). The molecule has 4 aromatic rings. The normalized spacial score (nSPS) is 10.9. The lowest BCUT2D eigenvalue weighted by molar-refractivity contribution is -0.192. The van der Waals surface area contributed by atoms with Gasteiger partial charge < -0.3 is 9.84 Å². The lowest BCUT2D eigenvalue weighted by Crippen LogP contribution is -2.21. The first-order chi connectivity index (χ1) is 15.7. The van der Waals surface area contributed by atoms with Crippen molar-refractivity contribution >= 4 is 39.4 Å². The number of carbonyl (C=O) groups excluding carboxylic acids is 1. The molecule has 0 atom stereocenters. The average Bonchev–Trinajstić information content (AvgIpc) is 2.79. The fraction of sp³-hybridized carbons (Fsp3) is 0.130. The molecule has 0 spiro atoms. The third-order valence-corrected chi connectivity index (χ3v) is 4.47. The summed E-state index contributed by atoms with van der Waals surface area (Å²) >= 11 is 0. The van der Waals surface area contributed by atoms with Crippen LogP contribution >= 0.6 is 0 Å². The van der Waals surface area contributed by atoms with Crippen molar-refractivity contribution in [2.75, 3.05) is 11.9 Å². The molecule has 10 heteroatoms. The van der Waals surface area contributed by atoms with Gasteiger partial charge in [-0.1, -0.05) is 18.2 Å². The number of anilines is 1. The molecule has 0 bridgehead atoms. The van der Waals surface area contributed by atoms with Gasteiger partial charge in [-0.05, 0) is 48.2 Å². The molecule has 2 N–H and O–H groups in total. The Labute approximate surface area is 185 Å². The van der Waals surface area contributed by atoms with E-state index in [-0.39, 0.29) is 0 Å². The largest absolute Gasteiger partial charge is 0.490 e. The van der Waals surface area contributed by atoms with Gasteiger partial charge in [-0.25, -0.2) is 9.59 Å². The number of rotatable bonds is 3. The van der Waals surface area contributed by atoms with E-state index in [1.54, 1.807) is 13.1 Å². The molecule has 2 heterocycles. The zero-order chi connectivity index (χ0) is 24.0. The van der Waals surface area contributed by atoms with E-state index in [2.05, 4.69) is 27.4 Å². The molecule has 2 aromatic carbocycles. The molecular formula is C23H18F3N3O4. The highest BCUT2D eigenvalue weighted by Crippen LogP contribution is 2.28. The van der Waals surface area contributed by atoms with E-state index in [0.29, 0.717) is 12.3 Å². The Hall–Kier alpha value is -4.21. The van der Waals surface area contributed by atoms with Crippen molar-refractivity contribution in [1.82, 2.24) is 9.97 Å². The van der Waals surface area contributed by atoms with E-state index in [1.807, 2.05) is 48.8 Å². The molecule has 0 aliphatic carbocycles. The van der Waals surface area contributed by atoms with Gasteiger partial charge in [0.05, 0.1) is 12.1 Å². The number of pyridine rings is 2. The van der Waals surface area contributed by atoms with E-state index in [4.69, 9.17) is 14.6 Å². The van der Waals surface area contributed by atoms with Gasteiger partial charge in [0.2, 0.25) is 0 Å². The summed E-state index contributed by atoms with van der Waals surface area (Å²) in [6.45, 7) is 2.12. The zero-order valence-corrected chi connectivity index (χ0v) is 17.3.